The Morgan fingerprint density at radius 1 is 1.30 bits per heavy atom. The highest BCUT2D eigenvalue weighted by Gasteiger charge is 1.83. The lowest BCUT2D eigenvalue weighted by Gasteiger charge is -1.93. The standard InChI is InChI=1S/C9H16S/c1-4-5-8(2)6-7-9(3)10/h6-7,10H,4-5H2,1-3H3/b8-6+,9-7-. The zero-order valence-electron chi connectivity index (χ0n) is 7.02. The summed E-state index contributed by atoms with van der Waals surface area (Å²) < 4.78 is 0. The number of allylic oxidation sites excluding steroid dienone is 4. The van der Waals surface area contributed by atoms with Crippen LogP contribution < -0.4 is 0 Å². The van der Waals surface area contributed by atoms with E-state index in [0.29, 0.717) is 0 Å². The third-order valence-corrected chi connectivity index (χ3v) is 1.40. The van der Waals surface area contributed by atoms with Crippen LogP contribution in [0.4, 0.5) is 0 Å². The van der Waals surface area contributed by atoms with Crippen LogP contribution >= 0.6 is 12.6 Å². The summed E-state index contributed by atoms with van der Waals surface area (Å²) in [5.74, 6) is 0. The second kappa shape index (κ2) is 5.60. The molecule has 0 aromatic heterocycles. The van der Waals surface area contributed by atoms with Gasteiger partial charge in [-0.05, 0) is 25.2 Å². The number of thiol groups is 1. The van der Waals surface area contributed by atoms with Crippen LogP contribution in [0.25, 0.3) is 0 Å². The molecule has 0 saturated carbocycles. The molecule has 1 heteroatoms. The lowest BCUT2D eigenvalue weighted by Crippen LogP contribution is -1.72. The molecule has 0 bridgehead atoms. The van der Waals surface area contributed by atoms with Crippen molar-refractivity contribution in [1.82, 2.24) is 0 Å². The highest BCUT2D eigenvalue weighted by molar-refractivity contribution is 7.84. The van der Waals surface area contributed by atoms with Crippen LogP contribution in [0.5, 0.6) is 0 Å². The predicted molar refractivity (Wildman–Crippen MR) is 51.4 cm³/mol. The van der Waals surface area contributed by atoms with Crippen molar-refractivity contribution in [3.63, 3.8) is 0 Å². The second-order valence-electron chi connectivity index (χ2n) is 2.57. The van der Waals surface area contributed by atoms with Gasteiger partial charge >= 0.3 is 0 Å². The van der Waals surface area contributed by atoms with Gasteiger partial charge in [0.05, 0.1) is 0 Å². The fourth-order valence-corrected chi connectivity index (χ4v) is 0.815. The molecule has 0 radical (unpaired) electrons. The van der Waals surface area contributed by atoms with Crippen molar-refractivity contribution in [2.24, 2.45) is 0 Å². The summed E-state index contributed by atoms with van der Waals surface area (Å²) in [6.07, 6.45) is 6.58. The molecule has 10 heavy (non-hydrogen) atoms. The molecule has 0 aromatic carbocycles. The second-order valence-corrected chi connectivity index (χ2v) is 3.28. The molecule has 0 nitrogen and oxygen atoms in total. The molecule has 58 valence electrons. The van der Waals surface area contributed by atoms with Gasteiger partial charge in [-0.3, -0.25) is 0 Å². The Kier molecular flexibility index (Phi) is 5.51. The molecule has 0 atom stereocenters. The van der Waals surface area contributed by atoms with Crippen molar-refractivity contribution in [3.05, 3.63) is 22.6 Å². The van der Waals surface area contributed by atoms with Gasteiger partial charge in [0.15, 0.2) is 0 Å². The lowest BCUT2D eigenvalue weighted by molar-refractivity contribution is 0.905. The fourth-order valence-electron chi connectivity index (χ4n) is 0.741. The van der Waals surface area contributed by atoms with Crippen molar-refractivity contribution in [3.8, 4) is 0 Å². The Balaban J connectivity index is 3.79. The molecule has 0 rings (SSSR count). The first-order chi connectivity index (χ1) is 4.66. The van der Waals surface area contributed by atoms with Crippen molar-refractivity contribution in [1.29, 1.82) is 0 Å². The molecule has 0 heterocycles. The van der Waals surface area contributed by atoms with Crippen LogP contribution in [0.2, 0.25) is 0 Å². The Labute approximate surface area is 69.4 Å². The van der Waals surface area contributed by atoms with Crippen molar-refractivity contribution >= 4 is 12.6 Å². The summed E-state index contributed by atoms with van der Waals surface area (Å²) >= 11 is 4.16. The number of rotatable bonds is 3. The van der Waals surface area contributed by atoms with E-state index in [9.17, 15) is 0 Å². The predicted octanol–water partition coefficient (Wildman–Crippen LogP) is 3.57. The zero-order chi connectivity index (χ0) is 7.98. The molecule has 0 spiro atoms. The normalized spacial score (nSPS) is 14.0. The summed E-state index contributed by atoms with van der Waals surface area (Å²) in [6.45, 7) is 6.32. The molecule has 0 amide bonds. The van der Waals surface area contributed by atoms with Crippen molar-refractivity contribution < 1.29 is 0 Å². The molecule has 0 aliphatic rings. The fraction of sp³-hybridized carbons (Fsp3) is 0.556. The first-order valence-corrected chi connectivity index (χ1v) is 4.14. The molecule has 0 aliphatic heterocycles. The van der Waals surface area contributed by atoms with E-state index in [4.69, 9.17) is 0 Å². The van der Waals surface area contributed by atoms with Crippen LogP contribution in [0.1, 0.15) is 33.6 Å². The summed E-state index contributed by atoms with van der Waals surface area (Å²) in [7, 11) is 0. The summed E-state index contributed by atoms with van der Waals surface area (Å²) in [5.41, 5.74) is 1.43. The van der Waals surface area contributed by atoms with E-state index in [1.165, 1.54) is 18.4 Å². The van der Waals surface area contributed by atoms with Gasteiger partial charge in [0.25, 0.3) is 0 Å². The smallest absolute Gasteiger partial charge is 0.0215 e. The van der Waals surface area contributed by atoms with E-state index < -0.39 is 0 Å². The average Bonchev–Trinajstić information content (AvgIpc) is 1.85. The van der Waals surface area contributed by atoms with Crippen molar-refractivity contribution in [2.75, 3.05) is 0 Å². The number of hydrogen-bond donors (Lipinski definition) is 1. The number of hydrogen-bond acceptors (Lipinski definition) is 1. The quantitative estimate of drug-likeness (QED) is 0.469. The molecule has 0 saturated heterocycles. The summed E-state index contributed by atoms with van der Waals surface area (Å²) in [6, 6.07) is 0. The van der Waals surface area contributed by atoms with Gasteiger partial charge in [0, 0.05) is 0 Å². The van der Waals surface area contributed by atoms with Gasteiger partial charge in [-0.1, -0.05) is 31.1 Å². The van der Waals surface area contributed by atoms with Crippen LogP contribution in [0, 0.1) is 0 Å². The summed E-state index contributed by atoms with van der Waals surface area (Å²) in [5, 5.41) is 0. The van der Waals surface area contributed by atoms with Gasteiger partial charge in [-0.2, -0.15) is 0 Å². The third-order valence-electron chi connectivity index (χ3n) is 1.25. The maximum Gasteiger partial charge on any atom is -0.0215 e. The highest BCUT2D eigenvalue weighted by atomic mass is 32.1. The Morgan fingerprint density at radius 3 is 2.30 bits per heavy atom. The van der Waals surface area contributed by atoms with E-state index in [2.05, 4.69) is 32.6 Å². The Morgan fingerprint density at radius 2 is 1.90 bits per heavy atom. The van der Waals surface area contributed by atoms with Gasteiger partial charge < -0.3 is 0 Å². The Bertz CT molecular complexity index is 139. The average molecular weight is 156 g/mol. The molecular weight excluding hydrogens is 140 g/mol. The van der Waals surface area contributed by atoms with Crippen molar-refractivity contribution in [2.45, 2.75) is 33.6 Å². The summed E-state index contributed by atoms with van der Waals surface area (Å²) in [4.78, 5) is 1.07. The van der Waals surface area contributed by atoms with E-state index in [1.807, 2.05) is 13.0 Å². The van der Waals surface area contributed by atoms with Gasteiger partial charge in [0.1, 0.15) is 0 Å². The maximum atomic E-state index is 4.16. The molecule has 0 aromatic rings. The van der Waals surface area contributed by atoms with E-state index in [-0.39, 0.29) is 0 Å². The van der Waals surface area contributed by atoms with E-state index >= 15 is 0 Å². The van der Waals surface area contributed by atoms with Crippen LogP contribution in [-0.2, 0) is 0 Å². The zero-order valence-corrected chi connectivity index (χ0v) is 7.91. The molecule has 0 aliphatic carbocycles. The van der Waals surface area contributed by atoms with Crippen LogP contribution in [-0.4, -0.2) is 0 Å². The van der Waals surface area contributed by atoms with Crippen LogP contribution in [0.3, 0.4) is 0 Å². The van der Waals surface area contributed by atoms with E-state index in [1.54, 1.807) is 0 Å². The third kappa shape index (κ3) is 5.96. The first kappa shape index (κ1) is 9.83. The minimum absolute atomic E-state index is 1.07. The topological polar surface area (TPSA) is 0 Å². The minimum Gasteiger partial charge on any atom is -0.148 e. The molecule has 0 fully saturated rings. The van der Waals surface area contributed by atoms with E-state index in [0.717, 1.165) is 4.91 Å². The maximum absolute atomic E-state index is 4.16. The molecule has 0 N–H and O–H groups in total. The molecule has 0 unspecified atom stereocenters. The largest absolute Gasteiger partial charge is 0.148 e. The monoisotopic (exact) mass is 156 g/mol. The van der Waals surface area contributed by atoms with Crippen LogP contribution in [0.15, 0.2) is 22.6 Å². The Hall–Kier alpha value is -0.170. The minimum atomic E-state index is 1.07. The van der Waals surface area contributed by atoms with Gasteiger partial charge in [-0.25, -0.2) is 0 Å². The van der Waals surface area contributed by atoms with Gasteiger partial charge in [-0.15, -0.1) is 12.6 Å². The first-order valence-electron chi connectivity index (χ1n) is 3.69. The molecular formula is C9H16S. The SMILES string of the molecule is CCC/C(C)=C/C=C(/C)S. The highest BCUT2D eigenvalue weighted by Crippen LogP contribution is 2.05. The van der Waals surface area contributed by atoms with Gasteiger partial charge in [0.2, 0.25) is 0 Å². The lowest BCUT2D eigenvalue weighted by atomic mass is 10.1.